The SMILES string of the molecule is Clc1ccc(-c2c(-c3ccc(-c4c(-c5ccccc5)c(-c5ccccc5)c(-c5ccccc5)c(-c5ccc(-n6c7ccccc7c7ccc8c(c76)C6(c7ccccc7-c7ccccc76)c6ccccc6-8)cc5)c4-c4ccc(Cl)cc4)cc3)c(-c3ccccc3)c(-c3ccccc3)c(-c3ccccc3)c2-c2ccc(-n3c4ccccc4c4ccc5c(c43)C3(c4ccccc4-c4ccccc43)c3ccccc3-5)cc2)cc1. The molecule has 0 radical (unpaired) electrons. The molecule has 2 nitrogen and oxygen atoms in total. The van der Waals surface area contributed by atoms with Crippen LogP contribution in [-0.2, 0) is 10.8 Å². The molecule has 0 saturated heterocycles. The fraction of sp³-hybridized carbons (Fsp3) is 0.0143. The van der Waals surface area contributed by atoms with Crippen LogP contribution in [0.3, 0.4) is 0 Å². The summed E-state index contributed by atoms with van der Waals surface area (Å²) < 4.78 is 5.17. The van der Waals surface area contributed by atoms with E-state index in [0.29, 0.717) is 10.0 Å². The van der Waals surface area contributed by atoms with Crippen LogP contribution in [0.25, 0.3) is 233 Å². The Morgan fingerprint density at radius 1 is 0.139 bits per heavy atom. The number of aromatic nitrogens is 2. The smallest absolute Gasteiger partial charge is 0.0746 e. The second-order valence-corrected chi connectivity index (χ2v) is 39.5. The van der Waals surface area contributed by atoms with E-state index >= 15 is 0 Å². The fourth-order valence-corrected chi connectivity index (χ4v) is 26.2. The van der Waals surface area contributed by atoms with Crippen molar-refractivity contribution in [1.82, 2.24) is 9.13 Å². The maximum atomic E-state index is 7.25. The first-order valence-electron chi connectivity index (χ1n) is 49.7. The molecule has 144 heavy (non-hydrogen) atoms. The summed E-state index contributed by atoms with van der Waals surface area (Å²) in [6.45, 7) is 0. The molecule has 0 aliphatic heterocycles. The molecular formula is C140H86Cl2N2. The third-order valence-electron chi connectivity index (χ3n) is 31.5. The Hall–Kier alpha value is -17.8. The summed E-state index contributed by atoms with van der Waals surface area (Å²) in [6.07, 6.45) is 0. The average molecular weight is 1870 g/mol. The van der Waals surface area contributed by atoms with E-state index in [2.05, 4.69) is 531 Å². The Morgan fingerprint density at radius 3 is 0.556 bits per heavy atom. The lowest BCUT2D eigenvalue weighted by molar-refractivity contribution is 0.797. The summed E-state index contributed by atoms with van der Waals surface area (Å²) in [7, 11) is 0. The third-order valence-corrected chi connectivity index (χ3v) is 32.0. The molecule has 4 heteroatoms. The first-order valence-corrected chi connectivity index (χ1v) is 50.5. The number of fused-ring (bicyclic) bond motifs is 28. The summed E-state index contributed by atoms with van der Waals surface area (Å²) in [5, 5.41) is 6.13. The number of hydrogen-bond donors (Lipinski definition) is 0. The molecule has 0 saturated carbocycles. The van der Waals surface area contributed by atoms with Gasteiger partial charge in [-0.2, -0.15) is 0 Å². The molecule has 2 heterocycles. The molecule has 4 aliphatic rings. The minimum absolute atomic E-state index is 0.611. The molecule has 0 atom stereocenters. The van der Waals surface area contributed by atoms with Gasteiger partial charge in [0, 0.05) is 54.1 Å². The number of benzene rings is 23. The van der Waals surface area contributed by atoms with Crippen LogP contribution in [-0.4, -0.2) is 9.13 Å². The zero-order valence-electron chi connectivity index (χ0n) is 78.3. The van der Waals surface area contributed by atoms with Gasteiger partial charge in [0.25, 0.3) is 0 Å². The van der Waals surface area contributed by atoms with Gasteiger partial charge in [-0.25, -0.2) is 0 Å². The van der Waals surface area contributed by atoms with Crippen LogP contribution in [0.15, 0.2) is 522 Å². The van der Waals surface area contributed by atoms with Crippen LogP contribution in [0.2, 0.25) is 10.0 Å². The predicted octanol–water partition coefficient (Wildman–Crippen LogP) is 37.9. The van der Waals surface area contributed by atoms with Crippen LogP contribution in [0.1, 0.15) is 44.5 Å². The lowest BCUT2D eigenvalue weighted by Gasteiger charge is -2.31. The summed E-state index contributed by atoms with van der Waals surface area (Å²) in [5.74, 6) is 0. The zero-order valence-corrected chi connectivity index (χ0v) is 79.8. The molecule has 29 rings (SSSR count). The highest BCUT2D eigenvalue weighted by molar-refractivity contribution is 6.31. The summed E-state index contributed by atoms with van der Waals surface area (Å²) in [5.41, 5.74) is 52.0. The molecule has 0 bridgehead atoms. The molecule has 2 aromatic heterocycles. The van der Waals surface area contributed by atoms with Crippen molar-refractivity contribution in [2.45, 2.75) is 10.8 Å². The average Bonchev–Trinajstić information content (AvgIpc) is 1.49. The van der Waals surface area contributed by atoms with Gasteiger partial charge in [-0.1, -0.05) is 484 Å². The molecule has 23 aromatic carbocycles. The van der Waals surface area contributed by atoms with Crippen molar-refractivity contribution in [3.8, 4) is 189 Å². The first-order chi connectivity index (χ1) is 71.4. The Labute approximate surface area is 845 Å². The van der Waals surface area contributed by atoms with Gasteiger partial charge in [-0.05, 0) is 272 Å². The Morgan fingerprint density at radius 2 is 0.319 bits per heavy atom. The second kappa shape index (κ2) is 32.9. The van der Waals surface area contributed by atoms with Crippen molar-refractivity contribution in [1.29, 1.82) is 0 Å². The quantitative estimate of drug-likeness (QED) is 0.103. The summed E-state index contributed by atoms with van der Waals surface area (Å²) >= 11 is 14.5. The molecular weight excluding hydrogens is 1780 g/mol. The first kappa shape index (κ1) is 83.2. The van der Waals surface area contributed by atoms with Gasteiger partial charge >= 0.3 is 0 Å². The predicted molar refractivity (Wildman–Crippen MR) is 603 cm³/mol. The van der Waals surface area contributed by atoms with E-state index in [1.165, 1.54) is 122 Å². The van der Waals surface area contributed by atoms with Crippen molar-refractivity contribution in [2.24, 2.45) is 0 Å². The lowest BCUT2D eigenvalue weighted by Crippen LogP contribution is -2.26. The molecule has 4 aliphatic carbocycles. The maximum absolute atomic E-state index is 7.25. The van der Waals surface area contributed by atoms with Gasteiger partial charge in [0.1, 0.15) is 0 Å². The van der Waals surface area contributed by atoms with Crippen molar-refractivity contribution in [3.05, 3.63) is 576 Å². The molecule has 25 aromatic rings. The summed E-state index contributed by atoms with van der Waals surface area (Å²) in [4.78, 5) is 0. The number of hydrogen-bond acceptors (Lipinski definition) is 0. The molecule has 0 fully saturated rings. The number of nitrogens with zero attached hydrogens (tertiary/aromatic N) is 2. The minimum Gasteiger partial charge on any atom is -0.309 e. The molecule has 670 valence electrons. The van der Waals surface area contributed by atoms with Gasteiger partial charge in [0.05, 0.1) is 32.9 Å². The fourth-order valence-electron chi connectivity index (χ4n) is 26.0. The van der Waals surface area contributed by atoms with E-state index < -0.39 is 10.8 Å². The normalized spacial score (nSPS) is 12.9. The van der Waals surface area contributed by atoms with Crippen molar-refractivity contribution >= 4 is 66.8 Å². The second-order valence-electron chi connectivity index (χ2n) is 38.6. The van der Waals surface area contributed by atoms with E-state index in [1.807, 2.05) is 0 Å². The molecule has 0 N–H and O–H groups in total. The van der Waals surface area contributed by atoms with E-state index in [9.17, 15) is 0 Å². The monoisotopic (exact) mass is 1860 g/mol. The molecule has 2 spiro atoms. The molecule has 0 amide bonds. The number of para-hydroxylation sites is 2. The van der Waals surface area contributed by atoms with Crippen LogP contribution in [0.5, 0.6) is 0 Å². The highest BCUT2D eigenvalue weighted by Gasteiger charge is 2.55. The third kappa shape index (κ3) is 12.1. The highest BCUT2D eigenvalue weighted by atomic mass is 35.5. The lowest BCUT2D eigenvalue weighted by atomic mass is 9.70. The van der Waals surface area contributed by atoms with E-state index in [0.717, 1.165) is 156 Å². The van der Waals surface area contributed by atoms with Gasteiger partial charge in [-0.15, -0.1) is 0 Å². The topological polar surface area (TPSA) is 9.86 Å². The van der Waals surface area contributed by atoms with Gasteiger partial charge in [-0.3, -0.25) is 0 Å². The standard InChI is InChI=1S/C140H86Cl2N2/c141-99-75-67-95(68-76-99)131-129(125(89-39-11-3-12-40-89)123(87-35-7-1-8-36-87)127(91-43-15-5-16-44-91)133(131)97-71-79-101(80-72-97)143-121-61-33-25-53-109(121)113-85-83-111-107-51-23-31-59-119(107)139(135(111)137(113)143)115-55-27-19-47-103(115)104-48-20-28-56-116(104)139)93-63-65-94(66-64-93)130-126(90-41-13-4-14-42-90)124(88-37-9-2-10-38-88)128(92-45-17-6-18-46-92)134(132(130)96-69-77-100(142)78-70-96)98-73-81-102(82-74-98)144-122-62-34-26-54-110(122)114-86-84-112-108-52-24-32-60-120(108)140(136(112)138(114)144)117-57-29-21-49-105(117)106-50-22-30-58-118(106)140/h1-86H. The Kier molecular flexibility index (Phi) is 19.0. The van der Waals surface area contributed by atoms with Gasteiger partial charge < -0.3 is 9.13 Å². The largest absolute Gasteiger partial charge is 0.309 e. The highest BCUT2D eigenvalue weighted by Crippen LogP contribution is 2.69. The van der Waals surface area contributed by atoms with Crippen molar-refractivity contribution < 1.29 is 0 Å². The van der Waals surface area contributed by atoms with E-state index in [-0.39, 0.29) is 0 Å². The van der Waals surface area contributed by atoms with Gasteiger partial charge in [0.15, 0.2) is 0 Å². The maximum Gasteiger partial charge on any atom is 0.0746 e. The van der Waals surface area contributed by atoms with E-state index in [4.69, 9.17) is 23.2 Å². The zero-order chi connectivity index (χ0) is 95.0. The van der Waals surface area contributed by atoms with Crippen LogP contribution in [0.4, 0.5) is 0 Å². The number of rotatable bonds is 14. The Balaban J connectivity index is 0.692. The summed E-state index contributed by atoms with van der Waals surface area (Å²) in [6, 6.07) is 196. The van der Waals surface area contributed by atoms with Crippen LogP contribution < -0.4 is 0 Å². The van der Waals surface area contributed by atoms with Crippen LogP contribution in [0, 0.1) is 0 Å². The Bertz CT molecular complexity index is 8880. The molecule has 0 unspecified atom stereocenters. The minimum atomic E-state index is -0.611. The van der Waals surface area contributed by atoms with Crippen LogP contribution >= 0.6 is 23.2 Å². The number of halogens is 2. The van der Waals surface area contributed by atoms with Crippen molar-refractivity contribution in [2.75, 3.05) is 0 Å². The van der Waals surface area contributed by atoms with Gasteiger partial charge in [0.2, 0.25) is 0 Å². The van der Waals surface area contributed by atoms with E-state index in [1.54, 1.807) is 0 Å². The van der Waals surface area contributed by atoms with Crippen molar-refractivity contribution in [3.63, 3.8) is 0 Å².